The largest absolute Gasteiger partial charge is 0.411 e. The van der Waals surface area contributed by atoms with Gasteiger partial charge in [0.05, 0.1) is 11.8 Å². The van der Waals surface area contributed by atoms with Gasteiger partial charge in [0.25, 0.3) is 0 Å². The summed E-state index contributed by atoms with van der Waals surface area (Å²) in [4.78, 5) is 0. The van der Waals surface area contributed by atoms with Gasteiger partial charge in [0.1, 0.15) is 0 Å². The molecule has 2 N–H and O–H groups in total. The van der Waals surface area contributed by atoms with Gasteiger partial charge in [0.2, 0.25) is 0 Å². The second-order valence-corrected chi connectivity index (χ2v) is 9.70. The van der Waals surface area contributed by atoms with Gasteiger partial charge < -0.3 is 10.3 Å². The lowest BCUT2D eigenvalue weighted by atomic mass is 9.44. The third-order valence-corrected chi connectivity index (χ3v) is 8.91. The summed E-state index contributed by atoms with van der Waals surface area (Å²) in [5, 5.41) is 23.5. The first-order valence-corrected chi connectivity index (χ1v) is 9.79. The topological polar surface area (TPSA) is 52.8 Å². The Morgan fingerprint density at radius 2 is 1.74 bits per heavy atom. The molecule has 0 aliphatic heterocycles. The summed E-state index contributed by atoms with van der Waals surface area (Å²) in [5.41, 5.74) is 1.62. The van der Waals surface area contributed by atoms with Crippen molar-refractivity contribution >= 4 is 5.71 Å². The predicted octanol–water partition coefficient (Wildman–Crippen LogP) is 4.47. The van der Waals surface area contributed by atoms with Gasteiger partial charge in [0.15, 0.2) is 0 Å². The van der Waals surface area contributed by atoms with Crippen molar-refractivity contribution in [3.63, 3.8) is 0 Å². The number of hydrogen-bond acceptors (Lipinski definition) is 3. The summed E-state index contributed by atoms with van der Waals surface area (Å²) in [6.45, 7) is 7.14. The molecule has 0 unspecified atom stereocenters. The highest BCUT2D eigenvalue weighted by Crippen LogP contribution is 2.66. The molecular formula is C20H33NO2. The minimum Gasteiger partial charge on any atom is -0.411 e. The van der Waals surface area contributed by atoms with Crippen molar-refractivity contribution in [2.24, 2.45) is 45.6 Å². The van der Waals surface area contributed by atoms with Gasteiger partial charge in [-0.3, -0.25) is 0 Å². The Kier molecular flexibility index (Phi) is 3.61. The van der Waals surface area contributed by atoms with Crippen LogP contribution < -0.4 is 0 Å². The Bertz CT molecular complexity index is 518. The Labute approximate surface area is 140 Å². The molecule has 3 heteroatoms. The zero-order valence-electron chi connectivity index (χ0n) is 15.0. The normalized spacial score (nSPS) is 57.7. The third kappa shape index (κ3) is 2.08. The molecule has 23 heavy (non-hydrogen) atoms. The maximum atomic E-state index is 10.5. The van der Waals surface area contributed by atoms with Crippen molar-refractivity contribution in [2.75, 3.05) is 0 Å². The third-order valence-electron chi connectivity index (χ3n) is 8.91. The van der Waals surface area contributed by atoms with E-state index in [1.165, 1.54) is 38.5 Å². The van der Waals surface area contributed by atoms with Crippen LogP contribution in [0.3, 0.4) is 0 Å². The standard InChI is InChI=1S/C20H33NO2/c1-12-11-20(3)13(10-17(12)21-23)4-5-14-15-6-7-18(22)19(15,2)9-8-16(14)20/h12-16,18,22-23H,4-11H2,1-3H3/b21-17-/t12-,13-,14+,15-,16+,18+,19+,20+/m1/s1. The van der Waals surface area contributed by atoms with E-state index in [-0.39, 0.29) is 11.5 Å². The minimum atomic E-state index is -0.0719. The van der Waals surface area contributed by atoms with Crippen LogP contribution in [0.1, 0.15) is 72.1 Å². The van der Waals surface area contributed by atoms with Crippen molar-refractivity contribution in [1.82, 2.24) is 0 Å². The van der Waals surface area contributed by atoms with E-state index in [4.69, 9.17) is 0 Å². The smallest absolute Gasteiger partial charge is 0.0602 e. The zero-order valence-corrected chi connectivity index (χ0v) is 15.0. The number of aliphatic hydroxyl groups excluding tert-OH is 1. The molecule has 4 saturated carbocycles. The SMILES string of the molecule is C[C@@H]1C[C@@]2(C)[C@H](CC[C@H]3[C@H]4CC[C@H](O)[C@@]4(C)CC[C@@H]32)C/C1=N/O. The van der Waals surface area contributed by atoms with Gasteiger partial charge in [-0.1, -0.05) is 25.9 Å². The van der Waals surface area contributed by atoms with Crippen LogP contribution in [-0.2, 0) is 0 Å². The molecule has 4 rings (SSSR count). The molecule has 3 nitrogen and oxygen atoms in total. The molecule has 0 aromatic rings. The molecule has 4 aliphatic rings. The molecular weight excluding hydrogens is 286 g/mol. The fraction of sp³-hybridized carbons (Fsp3) is 0.950. The van der Waals surface area contributed by atoms with E-state index < -0.39 is 0 Å². The summed E-state index contributed by atoms with van der Waals surface area (Å²) in [7, 11) is 0. The first-order valence-electron chi connectivity index (χ1n) is 9.79. The van der Waals surface area contributed by atoms with E-state index in [0.717, 1.165) is 36.3 Å². The van der Waals surface area contributed by atoms with Crippen molar-refractivity contribution < 1.29 is 10.3 Å². The van der Waals surface area contributed by atoms with Crippen LogP contribution in [0.15, 0.2) is 5.16 Å². The predicted molar refractivity (Wildman–Crippen MR) is 91.5 cm³/mol. The Morgan fingerprint density at radius 3 is 2.48 bits per heavy atom. The lowest BCUT2D eigenvalue weighted by Gasteiger charge is -2.61. The Morgan fingerprint density at radius 1 is 1.00 bits per heavy atom. The fourth-order valence-electron chi connectivity index (χ4n) is 7.53. The van der Waals surface area contributed by atoms with Crippen molar-refractivity contribution in [2.45, 2.75) is 78.2 Å². The molecule has 4 fully saturated rings. The van der Waals surface area contributed by atoms with Crippen molar-refractivity contribution in [3.8, 4) is 0 Å². The number of rotatable bonds is 0. The average Bonchev–Trinajstić information content (AvgIpc) is 2.82. The molecule has 0 radical (unpaired) electrons. The van der Waals surface area contributed by atoms with E-state index >= 15 is 0 Å². The van der Waals surface area contributed by atoms with Gasteiger partial charge in [-0.2, -0.15) is 0 Å². The van der Waals surface area contributed by atoms with Crippen LogP contribution in [-0.4, -0.2) is 22.1 Å². The summed E-state index contributed by atoms with van der Waals surface area (Å²) in [6.07, 6.45) is 9.47. The maximum absolute atomic E-state index is 10.5. The van der Waals surface area contributed by atoms with Crippen LogP contribution in [0, 0.1) is 40.4 Å². The highest BCUT2D eigenvalue weighted by molar-refractivity contribution is 5.87. The van der Waals surface area contributed by atoms with E-state index in [1.807, 2.05) is 0 Å². The van der Waals surface area contributed by atoms with E-state index in [2.05, 4.69) is 25.9 Å². The molecule has 0 aromatic heterocycles. The van der Waals surface area contributed by atoms with E-state index in [9.17, 15) is 10.3 Å². The van der Waals surface area contributed by atoms with Crippen LogP contribution in [0.4, 0.5) is 0 Å². The van der Waals surface area contributed by atoms with Gasteiger partial charge in [0, 0.05) is 0 Å². The lowest BCUT2D eigenvalue weighted by molar-refractivity contribution is -0.116. The zero-order chi connectivity index (χ0) is 16.4. The summed E-state index contributed by atoms with van der Waals surface area (Å²) >= 11 is 0. The fourth-order valence-corrected chi connectivity index (χ4v) is 7.53. The van der Waals surface area contributed by atoms with Gasteiger partial charge in [-0.05, 0) is 91.8 Å². The second-order valence-electron chi connectivity index (χ2n) is 9.70. The number of hydrogen-bond donors (Lipinski definition) is 2. The second kappa shape index (κ2) is 5.21. The summed E-state index contributed by atoms with van der Waals surface area (Å²) < 4.78 is 0. The Balaban J connectivity index is 1.63. The van der Waals surface area contributed by atoms with Crippen molar-refractivity contribution in [3.05, 3.63) is 0 Å². The molecule has 130 valence electrons. The highest BCUT2D eigenvalue weighted by atomic mass is 16.4. The number of fused-ring (bicyclic) bond motifs is 5. The minimum absolute atomic E-state index is 0.0719. The van der Waals surface area contributed by atoms with Crippen molar-refractivity contribution in [1.29, 1.82) is 0 Å². The van der Waals surface area contributed by atoms with Crippen LogP contribution in [0.5, 0.6) is 0 Å². The first-order chi connectivity index (χ1) is 10.9. The van der Waals surface area contributed by atoms with Gasteiger partial charge in [-0.15, -0.1) is 0 Å². The number of aliphatic hydroxyl groups is 1. The monoisotopic (exact) mass is 319 g/mol. The lowest BCUT2D eigenvalue weighted by Crippen LogP contribution is -2.55. The van der Waals surface area contributed by atoms with E-state index in [0.29, 0.717) is 17.3 Å². The molecule has 0 bridgehead atoms. The summed E-state index contributed by atoms with van der Waals surface area (Å²) in [5.74, 6) is 3.47. The molecule has 0 amide bonds. The van der Waals surface area contributed by atoms with Gasteiger partial charge >= 0.3 is 0 Å². The average molecular weight is 319 g/mol. The summed E-state index contributed by atoms with van der Waals surface area (Å²) in [6, 6.07) is 0. The first kappa shape index (κ1) is 15.9. The number of oxime groups is 1. The highest BCUT2D eigenvalue weighted by Gasteiger charge is 2.60. The molecule has 0 heterocycles. The molecule has 4 aliphatic carbocycles. The maximum Gasteiger partial charge on any atom is 0.0602 e. The molecule has 8 atom stereocenters. The van der Waals surface area contributed by atoms with Gasteiger partial charge in [-0.25, -0.2) is 0 Å². The number of nitrogens with zero attached hydrogens (tertiary/aromatic N) is 1. The van der Waals surface area contributed by atoms with E-state index in [1.54, 1.807) is 0 Å². The Hall–Kier alpha value is -0.570. The molecule has 0 saturated heterocycles. The molecule has 0 aromatic carbocycles. The molecule has 0 spiro atoms. The van der Waals surface area contributed by atoms with Crippen LogP contribution in [0.25, 0.3) is 0 Å². The van der Waals surface area contributed by atoms with Crippen LogP contribution >= 0.6 is 0 Å². The van der Waals surface area contributed by atoms with Crippen LogP contribution in [0.2, 0.25) is 0 Å². The quantitative estimate of drug-likeness (QED) is 0.511.